The number of rotatable bonds is 1. The summed E-state index contributed by atoms with van der Waals surface area (Å²) in [5, 5.41) is 0. The maximum atomic E-state index is 8.74. The highest BCUT2D eigenvalue weighted by atomic mass is 32.3. The summed E-state index contributed by atoms with van der Waals surface area (Å²) in [6, 6.07) is 0. The minimum absolute atomic E-state index is 0.519. The third-order valence-corrected chi connectivity index (χ3v) is 1.07. The lowest BCUT2D eigenvalue weighted by Gasteiger charge is -1.95. The average molecular weight is 208 g/mol. The zero-order valence-electron chi connectivity index (χ0n) is 7.30. The molecule has 7 heteroatoms. The van der Waals surface area contributed by atoms with Crippen molar-refractivity contribution in [3.05, 3.63) is 18.2 Å². The quantitative estimate of drug-likeness (QED) is 0.594. The van der Waals surface area contributed by atoms with Crippen LogP contribution in [0.4, 0.5) is 0 Å². The summed E-state index contributed by atoms with van der Waals surface area (Å²) in [5.74, 6) is 1.58. The molecule has 76 valence electrons. The first-order valence-electron chi connectivity index (χ1n) is 3.50. The van der Waals surface area contributed by atoms with Gasteiger partial charge in [-0.2, -0.15) is 8.42 Å². The zero-order chi connectivity index (χ0) is 10.5. The van der Waals surface area contributed by atoms with Crippen molar-refractivity contribution in [2.24, 2.45) is 0 Å². The highest BCUT2D eigenvalue weighted by Gasteiger charge is 1.96. The predicted octanol–water partition coefficient (Wildman–Crippen LogP) is 0.880. The summed E-state index contributed by atoms with van der Waals surface area (Å²) in [7, 11) is -4.67. The summed E-state index contributed by atoms with van der Waals surface area (Å²) in [4.78, 5) is 7.09. The van der Waals surface area contributed by atoms with E-state index in [-0.39, 0.29) is 0 Å². The Kier molecular flexibility index (Phi) is 4.60. The van der Waals surface area contributed by atoms with E-state index in [0.717, 1.165) is 5.82 Å². The van der Waals surface area contributed by atoms with Crippen molar-refractivity contribution in [2.75, 3.05) is 0 Å². The average Bonchev–Trinajstić information content (AvgIpc) is 2.31. The number of hydrogen-bond acceptors (Lipinski definition) is 3. The van der Waals surface area contributed by atoms with Gasteiger partial charge >= 0.3 is 10.4 Å². The molecule has 0 spiro atoms. The monoisotopic (exact) mass is 208 g/mol. The van der Waals surface area contributed by atoms with Crippen LogP contribution in [-0.2, 0) is 10.4 Å². The van der Waals surface area contributed by atoms with Crippen molar-refractivity contribution in [2.45, 2.75) is 19.8 Å². The van der Waals surface area contributed by atoms with Crippen LogP contribution in [0.5, 0.6) is 0 Å². The van der Waals surface area contributed by atoms with Crippen LogP contribution in [0.15, 0.2) is 12.4 Å². The molecule has 1 heterocycles. The molecular formula is C6H12N2O4S. The Morgan fingerprint density at radius 1 is 1.46 bits per heavy atom. The molecule has 13 heavy (non-hydrogen) atoms. The Balaban J connectivity index is 0.000000252. The minimum atomic E-state index is -4.67. The third-order valence-electron chi connectivity index (χ3n) is 1.07. The highest BCUT2D eigenvalue weighted by molar-refractivity contribution is 7.79. The molecule has 0 aliphatic carbocycles. The number of H-pyrrole nitrogens is 1. The highest BCUT2D eigenvalue weighted by Crippen LogP contribution is 2.05. The second-order valence-corrected chi connectivity index (χ2v) is 3.47. The summed E-state index contributed by atoms with van der Waals surface area (Å²) in [6.07, 6.45) is 3.62. The molecule has 0 unspecified atom stereocenters. The van der Waals surface area contributed by atoms with E-state index in [4.69, 9.17) is 17.5 Å². The van der Waals surface area contributed by atoms with Crippen LogP contribution >= 0.6 is 0 Å². The SMILES string of the molecule is CC(C)c1ncc[nH]1.O=S(=O)(O)O. The van der Waals surface area contributed by atoms with E-state index in [2.05, 4.69) is 23.8 Å². The van der Waals surface area contributed by atoms with E-state index in [0.29, 0.717) is 5.92 Å². The van der Waals surface area contributed by atoms with E-state index in [9.17, 15) is 0 Å². The Bertz CT molecular complexity index is 308. The maximum absolute atomic E-state index is 8.74. The summed E-state index contributed by atoms with van der Waals surface area (Å²) in [6.45, 7) is 4.22. The van der Waals surface area contributed by atoms with Crippen molar-refractivity contribution in [3.8, 4) is 0 Å². The van der Waals surface area contributed by atoms with E-state index in [1.54, 1.807) is 6.20 Å². The largest absolute Gasteiger partial charge is 0.394 e. The van der Waals surface area contributed by atoms with Crippen molar-refractivity contribution in [3.63, 3.8) is 0 Å². The van der Waals surface area contributed by atoms with Crippen molar-refractivity contribution >= 4 is 10.4 Å². The zero-order valence-corrected chi connectivity index (χ0v) is 8.11. The first-order chi connectivity index (χ1) is 5.80. The molecule has 0 radical (unpaired) electrons. The van der Waals surface area contributed by atoms with Gasteiger partial charge in [0.15, 0.2) is 0 Å². The van der Waals surface area contributed by atoms with Gasteiger partial charge in [0.05, 0.1) is 0 Å². The number of nitrogens with one attached hydrogen (secondary N) is 1. The van der Waals surface area contributed by atoms with Crippen molar-refractivity contribution in [1.82, 2.24) is 9.97 Å². The number of aromatic amines is 1. The lowest BCUT2D eigenvalue weighted by molar-refractivity contribution is 0.381. The molecule has 0 saturated carbocycles. The van der Waals surface area contributed by atoms with E-state index in [1.165, 1.54) is 0 Å². The molecule has 3 N–H and O–H groups in total. The van der Waals surface area contributed by atoms with Crippen LogP contribution in [0.1, 0.15) is 25.6 Å². The molecule has 0 aromatic carbocycles. The third kappa shape index (κ3) is 8.99. The van der Waals surface area contributed by atoms with Crippen LogP contribution in [0.25, 0.3) is 0 Å². The van der Waals surface area contributed by atoms with Crippen LogP contribution in [0.3, 0.4) is 0 Å². The standard InChI is InChI=1S/C6H10N2.H2O4S/c1-5(2)6-7-3-4-8-6;1-5(2,3)4/h3-5H,1-2H3,(H,7,8);(H2,1,2,3,4). The van der Waals surface area contributed by atoms with E-state index < -0.39 is 10.4 Å². The number of hydrogen-bond donors (Lipinski definition) is 3. The molecule has 1 aromatic rings. The van der Waals surface area contributed by atoms with Gasteiger partial charge in [-0.3, -0.25) is 9.11 Å². The van der Waals surface area contributed by atoms with Gasteiger partial charge in [0.2, 0.25) is 0 Å². The van der Waals surface area contributed by atoms with Gasteiger partial charge in [0.1, 0.15) is 5.82 Å². The molecular weight excluding hydrogens is 196 g/mol. The van der Waals surface area contributed by atoms with E-state index >= 15 is 0 Å². The van der Waals surface area contributed by atoms with Gasteiger partial charge in [-0.1, -0.05) is 13.8 Å². The second-order valence-electron chi connectivity index (χ2n) is 2.58. The van der Waals surface area contributed by atoms with Crippen molar-refractivity contribution in [1.29, 1.82) is 0 Å². The summed E-state index contributed by atoms with van der Waals surface area (Å²) >= 11 is 0. The maximum Gasteiger partial charge on any atom is 0.394 e. The van der Waals surface area contributed by atoms with Crippen LogP contribution in [-0.4, -0.2) is 27.5 Å². The smallest absolute Gasteiger partial charge is 0.348 e. The molecule has 6 nitrogen and oxygen atoms in total. The van der Waals surface area contributed by atoms with Crippen LogP contribution < -0.4 is 0 Å². The molecule has 0 saturated heterocycles. The molecule has 0 fully saturated rings. The first kappa shape index (κ1) is 12.1. The first-order valence-corrected chi connectivity index (χ1v) is 4.89. The van der Waals surface area contributed by atoms with Gasteiger partial charge in [-0.05, 0) is 0 Å². The fourth-order valence-corrected chi connectivity index (χ4v) is 0.593. The molecule has 0 aliphatic heterocycles. The molecule has 0 aliphatic rings. The van der Waals surface area contributed by atoms with Crippen molar-refractivity contribution < 1.29 is 17.5 Å². The van der Waals surface area contributed by atoms with Gasteiger partial charge in [0, 0.05) is 18.3 Å². The van der Waals surface area contributed by atoms with Gasteiger partial charge in [-0.25, -0.2) is 4.98 Å². The number of nitrogens with zero attached hydrogens (tertiary/aromatic N) is 1. The Morgan fingerprint density at radius 3 is 2.08 bits per heavy atom. The van der Waals surface area contributed by atoms with Crippen LogP contribution in [0.2, 0.25) is 0 Å². The lowest BCUT2D eigenvalue weighted by atomic mass is 10.2. The fraction of sp³-hybridized carbons (Fsp3) is 0.500. The predicted molar refractivity (Wildman–Crippen MR) is 46.9 cm³/mol. The fourth-order valence-electron chi connectivity index (χ4n) is 0.593. The van der Waals surface area contributed by atoms with E-state index in [1.807, 2.05) is 6.20 Å². The second kappa shape index (κ2) is 4.95. The Labute approximate surface area is 76.6 Å². The normalized spacial score (nSPS) is 10.8. The minimum Gasteiger partial charge on any atom is -0.348 e. The molecule has 1 aromatic heterocycles. The summed E-state index contributed by atoms with van der Waals surface area (Å²) in [5.41, 5.74) is 0. The summed E-state index contributed by atoms with van der Waals surface area (Å²) < 4.78 is 31.6. The lowest BCUT2D eigenvalue weighted by Crippen LogP contribution is -1.89. The Morgan fingerprint density at radius 2 is 1.92 bits per heavy atom. The molecule has 0 atom stereocenters. The molecule has 1 rings (SSSR count). The number of imidazole rings is 1. The van der Waals surface area contributed by atoms with Crippen LogP contribution in [0, 0.1) is 0 Å². The van der Waals surface area contributed by atoms with Gasteiger partial charge < -0.3 is 4.98 Å². The Hall–Kier alpha value is -0.920. The van der Waals surface area contributed by atoms with Gasteiger partial charge in [0.25, 0.3) is 0 Å². The molecule has 0 amide bonds. The molecule has 0 bridgehead atoms. The van der Waals surface area contributed by atoms with Gasteiger partial charge in [-0.15, -0.1) is 0 Å². The number of aromatic nitrogens is 2. The topological polar surface area (TPSA) is 103 Å².